The minimum atomic E-state index is -0.280. The molecule has 2 N–H and O–H groups in total. The van der Waals surface area contributed by atoms with Gasteiger partial charge in [0.25, 0.3) is 0 Å². The van der Waals surface area contributed by atoms with Crippen LogP contribution in [0.1, 0.15) is 31.9 Å². The van der Waals surface area contributed by atoms with Gasteiger partial charge in [0.15, 0.2) is 0 Å². The molecule has 0 saturated carbocycles. The van der Waals surface area contributed by atoms with E-state index in [-0.39, 0.29) is 23.5 Å². The lowest BCUT2D eigenvalue weighted by atomic mass is 9.80. The molecule has 2 atom stereocenters. The molecule has 1 heterocycles. The summed E-state index contributed by atoms with van der Waals surface area (Å²) in [4.78, 5) is 0. The van der Waals surface area contributed by atoms with Crippen LogP contribution in [-0.4, -0.2) is 11.1 Å². The summed E-state index contributed by atoms with van der Waals surface area (Å²) in [5.74, 6) is 0.0241. The minimum absolute atomic E-state index is 0.133. The highest BCUT2D eigenvalue weighted by Gasteiger charge is 2.35. The second kappa shape index (κ2) is 4.35. The standard InChI is InChI=1S/C19H18FNO/c1-9-10(2)13-7-14-15(8-17(13)21-11(9)3)19(22)12-5-4-6-16(20)18(12)14/h4-8,11,13,21-22H,1-3H3. The largest absolute Gasteiger partial charge is 0.507 e. The van der Waals surface area contributed by atoms with Gasteiger partial charge in [-0.1, -0.05) is 29.4 Å². The third-order valence-electron chi connectivity index (χ3n) is 5.17. The van der Waals surface area contributed by atoms with E-state index < -0.39 is 0 Å². The fraction of sp³-hybridized carbons (Fsp3) is 0.263. The SMILES string of the molecule is CC1=C(C)C2C=C3C(=C(O)c4cccc(F)c43)C=C2NC1C. The summed E-state index contributed by atoms with van der Waals surface area (Å²) >= 11 is 0. The fourth-order valence-corrected chi connectivity index (χ4v) is 3.66. The second-order valence-electron chi connectivity index (χ2n) is 6.31. The Kier molecular flexibility index (Phi) is 2.65. The third kappa shape index (κ3) is 1.59. The van der Waals surface area contributed by atoms with Gasteiger partial charge in [-0.15, -0.1) is 0 Å². The molecule has 1 aromatic rings. The maximum absolute atomic E-state index is 14.3. The lowest BCUT2D eigenvalue weighted by Gasteiger charge is -2.35. The predicted molar refractivity (Wildman–Crippen MR) is 86.5 cm³/mol. The van der Waals surface area contributed by atoms with E-state index in [1.165, 1.54) is 17.2 Å². The molecule has 3 heteroatoms. The highest BCUT2D eigenvalue weighted by Crippen LogP contribution is 2.47. The van der Waals surface area contributed by atoms with E-state index in [2.05, 4.69) is 32.2 Å². The average Bonchev–Trinajstić information content (AvgIpc) is 2.78. The molecular weight excluding hydrogens is 277 g/mol. The summed E-state index contributed by atoms with van der Waals surface area (Å²) in [6.45, 7) is 6.40. The molecule has 2 aliphatic carbocycles. The fourth-order valence-electron chi connectivity index (χ4n) is 3.66. The minimum Gasteiger partial charge on any atom is -0.507 e. The number of aliphatic hydroxyl groups is 1. The van der Waals surface area contributed by atoms with Crippen molar-refractivity contribution in [3.8, 4) is 0 Å². The van der Waals surface area contributed by atoms with Crippen molar-refractivity contribution in [2.45, 2.75) is 26.8 Å². The van der Waals surface area contributed by atoms with Crippen molar-refractivity contribution in [3.63, 3.8) is 0 Å². The summed E-state index contributed by atoms with van der Waals surface area (Å²) in [5.41, 5.74) is 6.34. The summed E-state index contributed by atoms with van der Waals surface area (Å²) in [5, 5.41) is 14.0. The van der Waals surface area contributed by atoms with E-state index in [4.69, 9.17) is 0 Å². The number of hydrogen-bond donors (Lipinski definition) is 2. The Hall–Kier alpha value is -2.29. The van der Waals surface area contributed by atoms with Crippen molar-refractivity contribution in [3.05, 3.63) is 69.7 Å². The molecule has 2 unspecified atom stereocenters. The zero-order valence-electron chi connectivity index (χ0n) is 12.9. The first kappa shape index (κ1) is 13.4. The van der Waals surface area contributed by atoms with Crippen molar-refractivity contribution < 1.29 is 9.50 Å². The van der Waals surface area contributed by atoms with Gasteiger partial charge in [0.05, 0.1) is 0 Å². The van der Waals surface area contributed by atoms with E-state index >= 15 is 0 Å². The Labute approximate surface area is 129 Å². The lowest BCUT2D eigenvalue weighted by molar-refractivity contribution is 0.510. The molecule has 0 radical (unpaired) electrons. The molecule has 112 valence electrons. The van der Waals surface area contributed by atoms with E-state index in [9.17, 15) is 9.50 Å². The predicted octanol–water partition coefficient (Wildman–Crippen LogP) is 4.33. The van der Waals surface area contributed by atoms with Gasteiger partial charge in [-0.2, -0.15) is 0 Å². The molecule has 0 fully saturated rings. The lowest BCUT2D eigenvalue weighted by Crippen LogP contribution is -2.36. The third-order valence-corrected chi connectivity index (χ3v) is 5.17. The molecule has 0 amide bonds. The number of nitrogens with one attached hydrogen (secondary N) is 1. The number of aliphatic hydroxyl groups excluding tert-OH is 1. The number of benzene rings is 1. The Morgan fingerprint density at radius 3 is 2.73 bits per heavy atom. The van der Waals surface area contributed by atoms with Crippen LogP contribution in [0.2, 0.25) is 0 Å². The molecule has 2 nitrogen and oxygen atoms in total. The van der Waals surface area contributed by atoms with Crippen LogP contribution < -0.4 is 5.32 Å². The molecule has 0 bridgehead atoms. The molecule has 0 saturated heterocycles. The monoisotopic (exact) mass is 295 g/mol. The van der Waals surface area contributed by atoms with Gasteiger partial charge in [-0.05, 0) is 38.5 Å². The van der Waals surface area contributed by atoms with E-state index in [0.717, 1.165) is 16.8 Å². The average molecular weight is 295 g/mol. The Morgan fingerprint density at radius 2 is 1.95 bits per heavy atom. The van der Waals surface area contributed by atoms with Crippen molar-refractivity contribution in [1.82, 2.24) is 5.32 Å². The molecule has 22 heavy (non-hydrogen) atoms. The molecule has 0 spiro atoms. The van der Waals surface area contributed by atoms with Gasteiger partial charge < -0.3 is 10.4 Å². The number of halogens is 1. The maximum Gasteiger partial charge on any atom is 0.131 e. The van der Waals surface area contributed by atoms with Gasteiger partial charge in [-0.25, -0.2) is 4.39 Å². The van der Waals surface area contributed by atoms with Crippen LogP contribution >= 0.6 is 0 Å². The van der Waals surface area contributed by atoms with Crippen LogP contribution in [0.4, 0.5) is 4.39 Å². The Morgan fingerprint density at radius 1 is 1.18 bits per heavy atom. The summed E-state index contributed by atoms with van der Waals surface area (Å²) in [7, 11) is 0. The second-order valence-corrected chi connectivity index (χ2v) is 6.31. The van der Waals surface area contributed by atoms with Crippen molar-refractivity contribution in [1.29, 1.82) is 0 Å². The number of hydrogen-bond acceptors (Lipinski definition) is 2. The molecule has 1 aromatic carbocycles. The number of allylic oxidation sites excluding steroid dienone is 4. The van der Waals surface area contributed by atoms with Gasteiger partial charge >= 0.3 is 0 Å². The Bertz CT molecular complexity index is 826. The van der Waals surface area contributed by atoms with Crippen LogP contribution in [0.15, 0.2) is 52.8 Å². The molecule has 3 aliphatic rings. The normalized spacial score (nSPS) is 26.0. The van der Waals surface area contributed by atoms with Gasteiger partial charge in [0.1, 0.15) is 11.6 Å². The number of rotatable bonds is 0. The van der Waals surface area contributed by atoms with Gasteiger partial charge in [0, 0.05) is 34.4 Å². The summed E-state index contributed by atoms with van der Waals surface area (Å²) in [6, 6.07) is 5.13. The first-order valence-corrected chi connectivity index (χ1v) is 7.59. The zero-order valence-corrected chi connectivity index (χ0v) is 12.9. The topological polar surface area (TPSA) is 32.3 Å². The van der Waals surface area contributed by atoms with E-state index in [1.54, 1.807) is 12.1 Å². The molecule has 1 aliphatic heterocycles. The van der Waals surface area contributed by atoms with E-state index in [0.29, 0.717) is 11.1 Å². The smallest absolute Gasteiger partial charge is 0.131 e. The summed E-state index contributed by atoms with van der Waals surface area (Å²) in [6.07, 6.45) is 4.05. The quantitative estimate of drug-likeness (QED) is 0.698. The van der Waals surface area contributed by atoms with Gasteiger partial charge in [-0.3, -0.25) is 0 Å². The zero-order chi connectivity index (χ0) is 15.6. The number of fused-ring (bicyclic) bond motifs is 4. The molecule has 0 aromatic heterocycles. The van der Waals surface area contributed by atoms with E-state index in [1.807, 2.05) is 6.08 Å². The first-order chi connectivity index (χ1) is 10.5. The highest BCUT2D eigenvalue weighted by molar-refractivity contribution is 6.01. The summed E-state index contributed by atoms with van der Waals surface area (Å²) < 4.78 is 14.3. The van der Waals surface area contributed by atoms with Crippen LogP contribution in [-0.2, 0) is 0 Å². The molecule has 4 rings (SSSR count). The van der Waals surface area contributed by atoms with Crippen molar-refractivity contribution >= 4 is 11.3 Å². The van der Waals surface area contributed by atoms with Gasteiger partial charge in [0.2, 0.25) is 0 Å². The van der Waals surface area contributed by atoms with Crippen molar-refractivity contribution in [2.75, 3.05) is 0 Å². The van der Waals surface area contributed by atoms with Crippen LogP contribution in [0.3, 0.4) is 0 Å². The first-order valence-electron chi connectivity index (χ1n) is 7.59. The highest BCUT2D eigenvalue weighted by atomic mass is 19.1. The Balaban J connectivity index is 1.95. The van der Waals surface area contributed by atoms with Crippen LogP contribution in [0.5, 0.6) is 0 Å². The van der Waals surface area contributed by atoms with Crippen LogP contribution in [0, 0.1) is 11.7 Å². The van der Waals surface area contributed by atoms with Crippen molar-refractivity contribution in [2.24, 2.45) is 5.92 Å². The van der Waals surface area contributed by atoms with Crippen LogP contribution in [0.25, 0.3) is 11.3 Å². The maximum atomic E-state index is 14.3. The molecular formula is C19H18FNO.